The molecule has 0 amide bonds. The van der Waals surface area contributed by atoms with Crippen LogP contribution in [0.2, 0.25) is 118 Å². The molecule has 0 saturated carbocycles. The Hall–Kier alpha value is -9.70. The molecule has 0 aliphatic heterocycles. The van der Waals surface area contributed by atoms with Crippen LogP contribution in [0.5, 0.6) is 0 Å². The van der Waals surface area contributed by atoms with Crippen LogP contribution >= 0.6 is 0 Å². The number of nitrogens with zero attached hydrogens (tertiary/aromatic N) is 8. The van der Waals surface area contributed by atoms with E-state index in [1.165, 1.54) is 31.1 Å². The minimum atomic E-state index is -5.84. The van der Waals surface area contributed by atoms with E-state index in [1.54, 1.807) is 19.3 Å². The molecule has 0 bridgehead atoms. The smallest absolute Gasteiger partial charge is 0.486 e. The molecule has 0 spiro atoms. The zero-order chi connectivity index (χ0) is 92.1. The summed E-state index contributed by atoms with van der Waals surface area (Å²) < 4.78 is 69.1. The second-order valence-electron chi connectivity index (χ2n) is 34.7. The van der Waals surface area contributed by atoms with Crippen molar-refractivity contribution in [2.45, 2.75) is 130 Å². The third kappa shape index (κ3) is 32.8. The van der Waals surface area contributed by atoms with Crippen LogP contribution in [0.3, 0.4) is 0 Å². The summed E-state index contributed by atoms with van der Waals surface area (Å²) in [6.07, 6.45) is 15.6. The molecule has 0 atom stereocenters. The maximum Gasteiger partial charge on any atom is 3.00 e. The van der Waals surface area contributed by atoms with Crippen LogP contribution in [0.4, 0.5) is 13.2 Å². The van der Waals surface area contributed by atoms with Crippen molar-refractivity contribution in [1.29, 1.82) is 0 Å². The minimum absolute atomic E-state index is 0. The number of halogens is 3. The van der Waals surface area contributed by atoms with Crippen molar-refractivity contribution in [3.8, 4) is 67.5 Å². The van der Waals surface area contributed by atoms with E-state index in [1.807, 2.05) is 171 Å². The van der Waals surface area contributed by atoms with Crippen LogP contribution in [-0.4, -0.2) is 143 Å². The van der Waals surface area contributed by atoms with Gasteiger partial charge in [-0.1, -0.05) is 190 Å². The van der Waals surface area contributed by atoms with Gasteiger partial charge in [-0.2, -0.15) is 21.6 Å². The number of alkyl halides is 3. The molecule has 10 aromatic heterocycles. The van der Waals surface area contributed by atoms with E-state index in [-0.39, 0.29) is 46.8 Å². The van der Waals surface area contributed by atoms with Crippen LogP contribution in [0.25, 0.3) is 112 Å². The Morgan fingerprint density at radius 1 is 0.339 bits per heavy atom. The summed E-state index contributed by atoms with van der Waals surface area (Å²) in [5.41, 5.74) is 9.74. The number of aliphatic hydroxyl groups is 3. The van der Waals surface area contributed by atoms with Crippen LogP contribution in [0.1, 0.15) is 6.92 Å². The zero-order valence-electron chi connectivity index (χ0n) is 75.9. The Bertz CT molecular complexity index is 5530. The van der Waals surface area contributed by atoms with E-state index in [2.05, 4.69) is 279 Å². The Labute approximate surface area is 780 Å². The summed E-state index contributed by atoms with van der Waals surface area (Å²) in [5, 5.41) is 34.1. The number of aromatic nitrogens is 8. The predicted molar refractivity (Wildman–Crippen MR) is 527 cm³/mol. The molecule has 28 heteroatoms. The van der Waals surface area contributed by atoms with Crippen molar-refractivity contribution in [3.63, 3.8) is 0 Å². The van der Waals surface area contributed by atoms with Gasteiger partial charge < -0.3 is 49.1 Å². The summed E-state index contributed by atoms with van der Waals surface area (Å²) in [4.78, 5) is 35.9. The van der Waals surface area contributed by atoms with E-state index in [4.69, 9.17) is 37.1 Å². The summed E-state index contributed by atoms with van der Waals surface area (Å²) in [7, 11) is -11.4. The SMILES string of the molecule is CCO.CO.CO.C[Si](C)(C)c1ccc(-c2[c-]cc3oc4ncccc4c3c2)nc1.C[Si](C)(C)c1ccc(-c2[c-]cccc2)nc1.C[Si](C)(C)c1ccc(-c2[c-]cccc2)nc1.C[Si](C)(C)c1ccc(-c2[c-]cccc2)nc1.C[Si](C)(C)c1ccc(-c2[c-]cccc2)nc1.C[Si](C)(C)c1ccc(-c2ccc3oc4ncccc4c3c2)nc1.O=S(=O)(O)C(F)(F)F.[Ir+3].[Ir]. The Morgan fingerprint density at radius 3 is 0.843 bits per heavy atom. The van der Waals surface area contributed by atoms with E-state index in [0.717, 1.165) is 114 Å². The summed E-state index contributed by atoms with van der Waals surface area (Å²) in [5.74, 6) is 0. The van der Waals surface area contributed by atoms with Gasteiger partial charge in [0, 0.05) is 112 Å². The monoisotopic (exact) mass is 2190 g/mol. The van der Waals surface area contributed by atoms with Crippen molar-refractivity contribution < 1.29 is 90.5 Å². The van der Waals surface area contributed by atoms with Gasteiger partial charge in [0.25, 0.3) is 0 Å². The summed E-state index contributed by atoms with van der Waals surface area (Å²) >= 11 is 0. The molecule has 16 nitrogen and oxygen atoms in total. The molecule has 10 heterocycles. The third-order valence-corrected chi connectivity index (χ3v) is 31.8. The second kappa shape index (κ2) is 49.2. The largest absolute Gasteiger partial charge is 3.00 e. The van der Waals surface area contributed by atoms with Crippen molar-refractivity contribution in [3.05, 3.63) is 304 Å². The first-order chi connectivity index (χ1) is 59.0. The first kappa shape index (κ1) is 108. The molecule has 127 heavy (non-hydrogen) atoms. The van der Waals surface area contributed by atoms with Gasteiger partial charge in [0.1, 0.15) is 5.58 Å². The number of benzene rings is 6. The minimum Gasteiger partial charge on any atom is -0.486 e. The van der Waals surface area contributed by atoms with Gasteiger partial charge in [-0.3, -0.25) is 9.54 Å². The van der Waals surface area contributed by atoms with Gasteiger partial charge in [-0.25, -0.2) is 9.97 Å². The number of aliphatic hydroxyl groups excluding tert-OH is 3. The molecular weight excluding hydrogens is 2070 g/mol. The van der Waals surface area contributed by atoms with E-state index < -0.39 is 64.1 Å². The summed E-state index contributed by atoms with van der Waals surface area (Å²) in [6, 6.07) is 91.7. The molecule has 0 aliphatic rings. The quantitative estimate of drug-likeness (QED) is 0.0384. The Kier molecular flexibility index (Phi) is 41.8. The maximum absolute atomic E-state index is 10.7. The van der Waals surface area contributed by atoms with Gasteiger partial charge in [-0.05, 0) is 115 Å². The number of hydrogen-bond acceptors (Lipinski definition) is 15. The van der Waals surface area contributed by atoms with E-state index in [9.17, 15) is 13.2 Å². The molecule has 6 aromatic carbocycles. The molecule has 4 N–H and O–H groups in total. The molecule has 669 valence electrons. The zero-order valence-corrected chi connectivity index (χ0v) is 87.5. The molecular formula is C99H114F3Ir2N8O8SSi6-2. The molecule has 0 aliphatic carbocycles. The number of furan rings is 2. The van der Waals surface area contributed by atoms with Gasteiger partial charge in [-0.15, -0.1) is 167 Å². The predicted octanol–water partition coefficient (Wildman–Crippen LogP) is 21.0. The molecule has 0 fully saturated rings. The number of hydrogen-bond donors (Lipinski definition) is 4. The van der Waals surface area contributed by atoms with Crippen molar-refractivity contribution >= 4 is 134 Å². The fourth-order valence-corrected chi connectivity index (χ4v) is 17.9. The average molecular weight is 2190 g/mol. The molecule has 0 saturated heterocycles. The second-order valence-corrected chi connectivity index (χ2v) is 66.6. The number of pyridine rings is 8. The first-order valence-corrected chi connectivity index (χ1v) is 63.1. The molecule has 0 unspecified atom stereocenters. The van der Waals surface area contributed by atoms with Gasteiger partial charge in [0.15, 0.2) is 0 Å². The topological polar surface area (TPSA) is 244 Å². The molecule has 16 aromatic rings. The van der Waals surface area contributed by atoms with E-state index in [0.29, 0.717) is 11.4 Å². The normalized spacial score (nSPS) is 11.3. The Balaban J connectivity index is 0.000000263. The van der Waals surface area contributed by atoms with Gasteiger partial charge >= 0.3 is 35.7 Å². The van der Waals surface area contributed by atoms with Crippen molar-refractivity contribution in [2.24, 2.45) is 0 Å². The van der Waals surface area contributed by atoms with Crippen molar-refractivity contribution in [1.82, 2.24) is 39.9 Å². The van der Waals surface area contributed by atoms with Crippen LogP contribution in [0.15, 0.2) is 283 Å². The standard InChI is InChI=1S/C19H18N2OSi.C19H17N2OSi.4C14H16NSi.C2H6O.CHF3O3S.2CH4O.2Ir/c2*1-23(2,3)14-7-8-17(21-12-14)13-6-9-18-16(11-13)15-5-4-10-20-19(15)22-18;4*1-16(2,3)13-9-10-14(15-11-13)12-7-5-4-6-8-12;1-2-3;2-1(3,4)8(5,6)7;2*1-2;;/h4-12H,1-3H3;4-5,7-12H,1-3H3;4*4-7,9-11H,1-3H3;3H,2H2,1H3;(H,5,6,7);2*2H,1H3;;/q;5*-1;;;;;;+3. The van der Waals surface area contributed by atoms with Crippen LogP contribution in [0, 0.1) is 30.3 Å². The average Bonchev–Trinajstić information content (AvgIpc) is 1.66. The number of rotatable bonds is 12. The Morgan fingerprint density at radius 2 is 0.598 bits per heavy atom. The summed E-state index contributed by atoms with van der Waals surface area (Å²) in [6.45, 7) is 43.9. The first-order valence-electron chi connectivity index (χ1n) is 40.7. The van der Waals surface area contributed by atoms with Gasteiger partial charge in [0.2, 0.25) is 11.4 Å². The molecule has 1 radical (unpaired) electrons. The fraction of sp³-hybridized carbons (Fsp3) is 0.232. The van der Waals surface area contributed by atoms with Crippen LogP contribution in [-0.2, 0) is 50.3 Å². The molecule has 16 rings (SSSR count). The fourth-order valence-electron chi connectivity index (χ4n) is 11.7. The third-order valence-electron chi connectivity index (χ3n) is 19.0. The number of fused-ring (bicyclic) bond motifs is 6. The van der Waals surface area contributed by atoms with Gasteiger partial charge in [0.05, 0.1) is 59.7 Å². The van der Waals surface area contributed by atoms with E-state index >= 15 is 0 Å². The van der Waals surface area contributed by atoms with Crippen LogP contribution < -0.4 is 31.1 Å². The van der Waals surface area contributed by atoms with Crippen molar-refractivity contribution in [2.75, 3.05) is 20.8 Å². The maximum atomic E-state index is 10.7.